The number of imide groups is 1. The van der Waals surface area contributed by atoms with Crippen LogP contribution in [0.25, 0.3) is 0 Å². The molecule has 0 aromatic rings. The summed E-state index contributed by atoms with van der Waals surface area (Å²) >= 11 is 0. The lowest BCUT2D eigenvalue weighted by Gasteiger charge is -2.06. The molecule has 0 aliphatic rings. The molecule has 0 aromatic heterocycles. The first-order valence-electron chi connectivity index (χ1n) is 9.91. The first kappa shape index (κ1) is 30.2. The van der Waals surface area contributed by atoms with Gasteiger partial charge in [-0.15, -0.1) is 0 Å². The van der Waals surface area contributed by atoms with E-state index in [-0.39, 0.29) is 31.8 Å². The molecule has 0 bridgehead atoms. The molecule has 2 amide bonds. The van der Waals surface area contributed by atoms with Crippen LogP contribution in [-0.4, -0.2) is 61.8 Å². The van der Waals surface area contributed by atoms with Gasteiger partial charge in [0.1, 0.15) is 6.61 Å². The molecule has 174 valence electrons. The van der Waals surface area contributed by atoms with E-state index in [1.165, 1.54) is 6.08 Å². The summed E-state index contributed by atoms with van der Waals surface area (Å²) in [5.41, 5.74) is 0.243. The minimum atomic E-state index is -0.580. The zero-order valence-corrected chi connectivity index (χ0v) is 18.2. The summed E-state index contributed by atoms with van der Waals surface area (Å²) in [6, 6.07) is 0. The third-order valence-corrected chi connectivity index (χ3v) is 3.29. The van der Waals surface area contributed by atoms with Gasteiger partial charge in [-0.1, -0.05) is 39.2 Å². The molecule has 0 aliphatic heterocycles. The van der Waals surface area contributed by atoms with Crippen molar-refractivity contribution in [3.63, 3.8) is 0 Å². The van der Waals surface area contributed by atoms with Crippen LogP contribution in [0, 0.1) is 0 Å². The van der Waals surface area contributed by atoms with E-state index in [9.17, 15) is 19.2 Å². The van der Waals surface area contributed by atoms with Crippen molar-refractivity contribution in [2.45, 2.75) is 32.6 Å². The molecule has 0 fully saturated rings. The lowest BCUT2D eigenvalue weighted by molar-refractivity contribution is -0.139. The van der Waals surface area contributed by atoms with E-state index in [1.807, 2.05) is 0 Å². The summed E-state index contributed by atoms with van der Waals surface area (Å²) in [5.74, 6) is -2.09. The fourth-order valence-corrected chi connectivity index (χ4v) is 1.65. The number of esters is 2. The van der Waals surface area contributed by atoms with E-state index in [4.69, 9.17) is 9.84 Å². The van der Waals surface area contributed by atoms with Crippen LogP contribution in [0.15, 0.2) is 49.6 Å². The summed E-state index contributed by atoms with van der Waals surface area (Å²) in [6.45, 7) is 14.2. The van der Waals surface area contributed by atoms with Gasteiger partial charge in [-0.3, -0.25) is 14.9 Å². The average molecular weight is 439 g/mol. The van der Waals surface area contributed by atoms with Gasteiger partial charge in [-0.25, -0.2) is 9.59 Å². The van der Waals surface area contributed by atoms with E-state index in [1.54, 1.807) is 0 Å². The number of carbonyl (C=O) groups is 4. The summed E-state index contributed by atoms with van der Waals surface area (Å²) in [6.07, 6.45) is 7.55. The molecule has 0 aromatic carbocycles. The van der Waals surface area contributed by atoms with Crippen molar-refractivity contribution in [2.24, 2.45) is 0 Å². The number of carbonyl (C=O) groups excluding carboxylic acids is 4. The SMILES string of the molecule is C=CC(=O)NC(=O)C=CCC(=C)C(=O)OCCNCCCC.C=CC(=O)OCCCO. The molecule has 0 heterocycles. The molecule has 0 unspecified atom stereocenters. The minimum absolute atomic E-state index is 0.0461. The average Bonchev–Trinajstić information content (AvgIpc) is 2.76. The van der Waals surface area contributed by atoms with Crippen molar-refractivity contribution in [3.05, 3.63) is 49.6 Å². The Morgan fingerprint density at radius 2 is 1.68 bits per heavy atom. The van der Waals surface area contributed by atoms with Gasteiger partial charge in [0.2, 0.25) is 11.8 Å². The highest BCUT2D eigenvalue weighted by Gasteiger charge is 2.07. The fourth-order valence-electron chi connectivity index (χ4n) is 1.65. The van der Waals surface area contributed by atoms with E-state index in [0.717, 1.165) is 37.6 Å². The first-order chi connectivity index (χ1) is 14.8. The highest BCUT2D eigenvalue weighted by molar-refractivity contribution is 6.04. The predicted molar refractivity (Wildman–Crippen MR) is 118 cm³/mol. The van der Waals surface area contributed by atoms with Gasteiger partial charge < -0.3 is 19.9 Å². The Kier molecular flexibility index (Phi) is 21.1. The maximum atomic E-state index is 11.6. The Bertz CT molecular complexity index is 627. The number of unbranched alkanes of at least 4 members (excludes halogenated alkanes) is 1. The maximum Gasteiger partial charge on any atom is 0.333 e. The molecule has 9 nitrogen and oxygen atoms in total. The largest absolute Gasteiger partial charge is 0.462 e. The Morgan fingerprint density at radius 1 is 0.968 bits per heavy atom. The van der Waals surface area contributed by atoms with Crippen LogP contribution in [0.3, 0.4) is 0 Å². The van der Waals surface area contributed by atoms with Crippen LogP contribution in [0.2, 0.25) is 0 Å². The molecule has 0 rings (SSSR count). The normalized spacial score (nSPS) is 9.74. The lowest BCUT2D eigenvalue weighted by Crippen LogP contribution is -2.26. The Balaban J connectivity index is 0. The molecule has 0 spiro atoms. The predicted octanol–water partition coefficient (Wildman–Crippen LogP) is 1.35. The lowest BCUT2D eigenvalue weighted by atomic mass is 10.2. The number of aliphatic hydroxyl groups is 1. The molecule has 9 heteroatoms. The van der Waals surface area contributed by atoms with Crippen LogP contribution in [-0.2, 0) is 28.7 Å². The fraction of sp³-hybridized carbons (Fsp3) is 0.455. The van der Waals surface area contributed by atoms with Gasteiger partial charge in [0.25, 0.3) is 0 Å². The smallest absolute Gasteiger partial charge is 0.333 e. The monoisotopic (exact) mass is 438 g/mol. The summed E-state index contributed by atoms with van der Waals surface area (Å²) in [4.78, 5) is 43.9. The Hall–Kier alpha value is -3.04. The topological polar surface area (TPSA) is 131 Å². The van der Waals surface area contributed by atoms with E-state index < -0.39 is 23.8 Å². The second kappa shape index (κ2) is 21.7. The zero-order chi connectivity index (χ0) is 23.9. The second-order valence-corrected chi connectivity index (χ2v) is 5.96. The summed E-state index contributed by atoms with van der Waals surface area (Å²) < 4.78 is 9.54. The highest BCUT2D eigenvalue weighted by atomic mass is 16.5. The maximum absolute atomic E-state index is 11.6. The van der Waals surface area contributed by atoms with E-state index >= 15 is 0 Å². The van der Waals surface area contributed by atoms with Gasteiger partial charge in [0.05, 0.1) is 6.61 Å². The molecule has 0 saturated carbocycles. The third-order valence-electron chi connectivity index (χ3n) is 3.29. The summed E-state index contributed by atoms with van der Waals surface area (Å²) in [7, 11) is 0. The quantitative estimate of drug-likeness (QED) is 0.198. The van der Waals surface area contributed by atoms with Gasteiger partial charge >= 0.3 is 11.9 Å². The van der Waals surface area contributed by atoms with Crippen molar-refractivity contribution in [1.82, 2.24) is 10.6 Å². The number of hydrogen-bond acceptors (Lipinski definition) is 8. The molecular weight excluding hydrogens is 404 g/mol. The van der Waals surface area contributed by atoms with Crippen molar-refractivity contribution in [3.8, 4) is 0 Å². The van der Waals surface area contributed by atoms with Crippen molar-refractivity contribution in [2.75, 3.05) is 32.9 Å². The van der Waals surface area contributed by atoms with Crippen molar-refractivity contribution < 1.29 is 33.8 Å². The summed E-state index contributed by atoms with van der Waals surface area (Å²) in [5, 5.41) is 13.4. The first-order valence-corrected chi connectivity index (χ1v) is 9.91. The number of allylic oxidation sites excluding steroid dienone is 1. The van der Waals surface area contributed by atoms with Crippen LogP contribution in [0.1, 0.15) is 32.6 Å². The number of rotatable bonds is 15. The van der Waals surface area contributed by atoms with E-state index in [0.29, 0.717) is 13.0 Å². The minimum Gasteiger partial charge on any atom is -0.462 e. The molecule has 0 saturated heterocycles. The second-order valence-electron chi connectivity index (χ2n) is 5.96. The molecule has 0 radical (unpaired) electrons. The van der Waals surface area contributed by atoms with Gasteiger partial charge in [-0.05, 0) is 31.5 Å². The Labute approximate surface area is 183 Å². The number of aliphatic hydroxyl groups excluding tert-OH is 1. The Morgan fingerprint density at radius 3 is 2.26 bits per heavy atom. The number of nitrogens with one attached hydrogen (secondary N) is 2. The molecule has 0 atom stereocenters. The molecule has 31 heavy (non-hydrogen) atoms. The van der Waals surface area contributed by atoms with Crippen LogP contribution in [0.5, 0.6) is 0 Å². The molecule has 3 N–H and O–H groups in total. The standard InChI is InChI=1S/C16H24N2O4.C6H10O3/c1-4-6-10-17-11-12-22-16(21)13(3)8-7-9-15(20)18-14(19)5-2;1-2-6(8)9-5-3-4-7/h5,7,9,17H,2-4,6,8,10-12H2,1H3,(H,18,19,20);2,7H,1,3-5H2. The van der Waals surface area contributed by atoms with Gasteiger partial charge in [-0.2, -0.15) is 0 Å². The number of hydrogen-bond donors (Lipinski definition) is 3. The zero-order valence-electron chi connectivity index (χ0n) is 18.2. The molecule has 0 aliphatic carbocycles. The van der Waals surface area contributed by atoms with Crippen molar-refractivity contribution in [1.29, 1.82) is 0 Å². The van der Waals surface area contributed by atoms with Crippen LogP contribution < -0.4 is 10.6 Å². The van der Waals surface area contributed by atoms with Crippen molar-refractivity contribution >= 4 is 23.8 Å². The van der Waals surface area contributed by atoms with Gasteiger partial charge in [0.15, 0.2) is 0 Å². The number of amides is 2. The van der Waals surface area contributed by atoms with E-state index in [2.05, 4.69) is 42.0 Å². The number of ether oxygens (including phenoxy) is 2. The van der Waals surface area contributed by atoms with Gasteiger partial charge in [0, 0.05) is 31.2 Å². The van der Waals surface area contributed by atoms with Crippen LogP contribution in [0.4, 0.5) is 0 Å². The highest BCUT2D eigenvalue weighted by Crippen LogP contribution is 2.02. The molecular formula is C22H34N2O7. The van der Waals surface area contributed by atoms with Crippen LogP contribution >= 0.6 is 0 Å². The third kappa shape index (κ3) is 21.5.